The van der Waals surface area contributed by atoms with Gasteiger partial charge in [0.25, 0.3) is 0 Å². The Morgan fingerprint density at radius 3 is 2.83 bits per heavy atom. The van der Waals surface area contributed by atoms with Crippen LogP contribution in [-0.2, 0) is 6.54 Å². The zero-order chi connectivity index (χ0) is 12.4. The molecule has 0 amide bonds. The van der Waals surface area contributed by atoms with E-state index in [1.807, 2.05) is 25.1 Å². The minimum atomic E-state index is 0.724. The molecule has 0 spiro atoms. The fourth-order valence-electron chi connectivity index (χ4n) is 1.86. The van der Waals surface area contributed by atoms with E-state index in [0.29, 0.717) is 0 Å². The number of aromatic nitrogens is 4. The van der Waals surface area contributed by atoms with Crippen LogP contribution < -0.4 is 5.32 Å². The number of rotatable bonds is 3. The molecule has 0 aliphatic rings. The van der Waals surface area contributed by atoms with Gasteiger partial charge in [-0.2, -0.15) is 5.10 Å². The Hall–Kier alpha value is -2.43. The predicted molar refractivity (Wildman–Crippen MR) is 70.2 cm³/mol. The van der Waals surface area contributed by atoms with Gasteiger partial charge >= 0.3 is 0 Å². The van der Waals surface area contributed by atoms with Gasteiger partial charge in [-0.05, 0) is 12.5 Å². The molecular weight excluding hydrogens is 226 g/mol. The predicted octanol–water partition coefficient (Wildman–Crippen LogP) is 2.27. The summed E-state index contributed by atoms with van der Waals surface area (Å²) in [4.78, 5) is 8.69. The number of nitrogens with one attached hydrogen (secondary N) is 2. The molecule has 5 heteroatoms. The maximum atomic E-state index is 4.41. The molecule has 2 aromatic heterocycles. The third-order valence-electron chi connectivity index (χ3n) is 2.72. The van der Waals surface area contributed by atoms with Gasteiger partial charge in [0, 0.05) is 6.54 Å². The first-order chi connectivity index (χ1) is 8.83. The summed E-state index contributed by atoms with van der Waals surface area (Å²) >= 11 is 0. The van der Waals surface area contributed by atoms with E-state index in [2.05, 4.69) is 37.6 Å². The lowest BCUT2D eigenvalue weighted by molar-refractivity contribution is 1.03. The van der Waals surface area contributed by atoms with Crippen LogP contribution in [0.5, 0.6) is 0 Å². The molecule has 0 fully saturated rings. The number of aromatic amines is 1. The van der Waals surface area contributed by atoms with Crippen molar-refractivity contribution in [3.63, 3.8) is 0 Å². The maximum absolute atomic E-state index is 4.41. The molecule has 2 heterocycles. The maximum Gasteiger partial charge on any atom is 0.161 e. The van der Waals surface area contributed by atoms with Crippen molar-refractivity contribution in [2.45, 2.75) is 13.5 Å². The molecule has 0 saturated heterocycles. The molecule has 3 rings (SSSR count). The quantitative estimate of drug-likeness (QED) is 0.735. The summed E-state index contributed by atoms with van der Waals surface area (Å²) in [6.45, 7) is 2.60. The number of H-pyrrole nitrogens is 1. The molecule has 2 N–H and O–H groups in total. The number of benzene rings is 1. The van der Waals surface area contributed by atoms with Crippen LogP contribution in [0.15, 0.2) is 36.5 Å². The summed E-state index contributed by atoms with van der Waals surface area (Å²) in [5.41, 5.74) is 1.98. The Balaban J connectivity index is 1.88. The molecule has 1 aromatic carbocycles. The summed E-state index contributed by atoms with van der Waals surface area (Å²) < 4.78 is 0. The van der Waals surface area contributed by atoms with Crippen LogP contribution in [0.25, 0.3) is 11.0 Å². The second kappa shape index (κ2) is 4.44. The molecule has 0 bridgehead atoms. The van der Waals surface area contributed by atoms with Gasteiger partial charge in [-0.1, -0.05) is 30.3 Å². The molecule has 18 heavy (non-hydrogen) atoms. The molecule has 90 valence electrons. The fourth-order valence-corrected chi connectivity index (χ4v) is 1.86. The number of hydrogen-bond donors (Lipinski definition) is 2. The number of hydrogen-bond acceptors (Lipinski definition) is 4. The second-order valence-electron chi connectivity index (χ2n) is 4.09. The monoisotopic (exact) mass is 239 g/mol. The van der Waals surface area contributed by atoms with Gasteiger partial charge in [-0.3, -0.25) is 5.10 Å². The number of fused-ring (bicyclic) bond motifs is 1. The van der Waals surface area contributed by atoms with Crippen LogP contribution in [-0.4, -0.2) is 20.2 Å². The van der Waals surface area contributed by atoms with E-state index in [1.54, 1.807) is 6.20 Å². The van der Waals surface area contributed by atoms with Gasteiger partial charge < -0.3 is 5.32 Å². The zero-order valence-electron chi connectivity index (χ0n) is 10.0. The molecule has 0 radical (unpaired) electrons. The lowest BCUT2D eigenvalue weighted by Gasteiger charge is -2.07. The highest BCUT2D eigenvalue weighted by atomic mass is 15.2. The first-order valence-electron chi connectivity index (χ1n) is 5.78. The van der Waals surface area contributed by atoms with Gasteiger partial charge in [0.1, 0.15) is 11.6 Å². The second-order valence-corrected chi connectivity index (χ2v) is 4.09. The van der Waals surface area contributed by atoms with Crippen LogP contribution in [0.3, 0.4) is 0 Å². The van der Waals surface area contributed by atoms with Gasteiger partial charge in [-0.15, -0.1) is 0 Å². The summed E-state index contributed by atoms with van der Waals surface area (Å²) in [5.74, 6) is 1.54. The molecular formula is C13H13N5. The summed E-state index contributed by atoms with van der Waals surface area (Å²) in [7, 11) is 0. The van der Waals surface area contributed by atoms with E-state index in [0.717, 1.165) is 29.2 Å². The Bertz CT molecular complexity index is 659. The largest absolute Gasteiger partial charge is 0.365 e. The summed E-state index contributed by atoms with van der Waals surface area (Å²) in [6, 6.07) is 10.2. The third-order valence-corrected chi connectivity index (χ3v) is 2.72. The number of anilines is 1. The van der Waals surface area contributed by atoms with Crippen molar-refractivity contribution in [1.82, 2.24) is 20.2 Å². The van der Waals surface area contributed by atoms with Crippen molar-refractivity contribution in [3.05, 3.63) is 47.9 Å². The minimum Gasteiger partial charge on any atom is -0.365 e. The molecule has 3 aromatic rings. The van der Waals surface area contributed by atoms with E-state index in [9.17, 15) is 0 Å². The SMILES string of the molecule is Cc1nc(NCc2ccccc2)c2cn[nH]c2n1. The smallest absolute Gasteiger partial charge is 0.161 e. The third kappa shape index (κ3) is 2.02. The normalized spacial score (nSPS) is 10.7. The van der Waals surface area contributed by atoms with E-state index in [1.165, 1.54) is 5.56 Å². The Kier molecular flexibility index (Phi) is 2.64. The van der Waals surface area contributed by atoms with Crippen LogP contribution >= 0.6 is 0 Å². The van der Waals surface area contributed by atoms with Gasteiger partial charge in [0.15, 0.2) is 5.65 Å². The van der Waals surface area contributed by atoms with Crippen molar-refractivity contribution in [2.75, 3.05) is 5.32 Å². The number of nitrogens with zero attached hydrogens (tertiary/aromatic N) is 3. The highest BCUT2D eigenvalue weighted by Gasteiger charge is 2.06. The summed E-state index contributed by atoms with van der Waals surface area (Å²) in [6.07, 6.45) is 1.74. The van der Waals surface area contributed by atoms with Crippen LogP contribution in [0.2, 0.25) is 0 Å². The molecule has 0 aliphatic heterocycles. The van der Waals surface area contributed by atoms with Crippen molar-refractivity contribution < 1.29 is 0 Å². The molecule has 0 aliphatic carbocycles. The Morgan fingerprint density at radius 2 is 2.00 bits per heavy atom. The molecule has 0 saturated carbocycles. The van der Waals surface area contributed by atoms with Crippen LogP contribution in [0, 0.1) is 6.92 Å². The fraction of sp³-hybridized carbons (Fsp3) is 0.154. The van der Waals surface area contributed by atoms with Crippen molar-refractivity contribution in [2.24, 2.45) is 0 Å². The van der Waals surface area contributed by atoms with Gasteiger partial charge in [-0.25, -0.2) is 9.97 Å². The first kappa shape index (κ1) is 10.7. The average molecular weight is 239 g/mol. The Morgan fingerprint density at radius 1 is 1.17 bits per heavy atom. The first-order valence-corrected chi connectivity index (χ1v) is 5.78. The van der Waals surface area contributed by atoms with Crippen molar-refractivity contribution in [3.8, 4) is 0 Å². The van der Waals surface area contributed by atoms with Crippen molar-refractivity contribution in [1.29, 1.82) is 0 Å². The van der Waals surface area contributed by atoms with Crippen molar-refractivity contribution >= 4 is 16.9 Å². The lowest BCUT2D eigenvalue weighted by atomic mass is 10.2. The van der Waals surface area contributed by atoms with Crippen LogP contribution in [0.4, 0.5) is 5.82 Å². The standard InChI is InChI=1S/C13H13N5/c1-9-16-12(11-8-15-18-13(11)17-9)14-7-10-5-3-2-4-6-10/h2-6,8H,7H2,1H3,(H2,14,15,16,17,18). The van der Waals surface area contributed by atoms with Gasteiger partial charge in [0.05, 0.1) is 11.6 Å². The molecule has 5 nitrogen and oxygen atoms in total. The Labute approximate surface area is 104 Å². The average Bonchev–Trinajstić information content (AvgIpc) is 2.85. The number of aryl methyl sites for hydroxylation is 1. The van der Waals surface area contributed by atoms with E-state index >= 15 is 0 Å². The molecule has 0 unspecified atom stereocenters. The van der Waals surface area contributed by atoms with E-state index in [-0.39, 0.29) is 0 Å². The molecule has 0 atom stereocenters. The van der Waals surface area contributed by atoms with E-state index in [4.69, 9.17) is 0 Å². The zero-order valence-corrected chi connectivity index (χ0v) is 10.0. The highest BCUT2D eigenvalue weighted by Crippen LogP contribution is 2.18. The van der Waals surface area contributed by atoms with E-state index < -0.39 is 0 Å². The minimum absolute atomic E-state index is 0.724. The topological polar surface area (TPSA) is 66.5 Å². The van der Waals surface area contributed by atoms with Gasteiger partial charge in [0.2, 0.25) is 0 Å². The lowest BCUT2D eigenvalue weighted by Crippen LogP contribution is -2.03. The van der Waals surface area contributed by atoms with Crippen LogP contribution in [0.1, 0.15) is 11.4 Å². The summed E-state index contributed by atoms with van der Waals surface area (Å²) in [5, 5.41) is 11.1. The highest BCUT2D eigenvalue weighted by molar-refractivity contribution is 5.85.